The van der Waals surface area contributed by atoms with Gasteiger partial charge in [-0.1, -0.05) is 78.0 Å². The summed E-state index contributed by atoms with van der Waals surface area (Å²) in [4.78, 5) is 29.3. The third kappa shape index (κ3) is 5.17. The summed E-state index contributed by atoms with van der Waals surface area (Å²) in [6.45, 7) is 4.53. The fourth-order valence-corrected chi connectivity index (χ4v) is 5.81. The van der Waals surface area contributed by atoms with Gasteiger partial charge >= 0.3 is 0 Å². The first kappa shape index (κ1) is 25.6. The zero-order valence-electron chi connectivity index (χ0n) is 21.7. The lowest BCUT2D eigenvalue weighted by molar-refractivity contribution is -0.139. The average molecular weight is 527 g/mol. The van der Waals surface area contributed by atoms with Crippen molar-refractivity contribution in [2.75, 3.05) is 12.9 Å². The Kier molecular flexibility index (Phi) is 7.51. The molecule has 1 N–H and O–H groups in total. The lowest BCUT2D eigenvalue weighted by atomic mass is 10.0. The van der Waals surface area contributed by atoms with E-state index in [9.17, 15) is 9.59 Å². The van der Waals surface area contributed by atoms with Crippen molar-refractivity contribution in [2.45, 2.75) is 38.0 Å². The second-order valence-corrected chi connectivity index (χ2v) is 10.2. The monoisotopic (exact) mass is 526 g/mol. The van der Waals surface area contributed by atoms with Crippen LogP contribution >= 0.6 is 11.8 Å². The SMILES string of the molecule is COc1ccccc1CNC(=O)C1c2c(C)nn(-c3ccccc3)c2SCC(=O)N1Cc1ccc(C)cc1. The number of benzene rings is 3. The van der Waals surface area contributed by atoms with Crippen LogP contribution in [-0.2, 0) is 22.7 Å². The van der Waals surface area contributed by atoms with E-state index in [4.69, 9.17) is 9.84 Å². The molecular weight excluding hydrogens is 496 g/mol. The van der Waals surface area contributed by atoms with Gasteiger partial charge in [0.2, 0.25) is 11.8 Å². The number of amides is 2. The molecule has 3 aromatic carbocycles. The van der Waals surface area contributed by atoms with Crippen molar-refractivity contribution in [1.29, 1.82) is 0 Å². The van der Waals surface area contributed by atoms with Crippen LogP contribution in [0, 0.1) is 13.8 Å². The Bertz CT molecular complexity index is 1450. The molecule has 0 saturated carbocycles. The number of nitrogens with zero attached hydrogens (tertiary/aromatic N) is 3. The van der Waals surface area contributed by atoms with E-state index in [1.807, 2.05) is 97.4 Å². The lowest BCUT2D eigenvalue weighted by Crippen LogP contribution is -2.43. The molecule has 4 aromatic rings. The second-order valence-electron chi connectivity index (χ2n) is 9.28. The first-order valence-electron chi connectivity index (χ1n) is 12.5. The van der Waals surface area contributed by atoms with Crippen molar-refractivity contribution in [2.24, 2.45) is 0 Å². The quantitative estimate of drug-likeness (QED) is 0.367. The van der Waals surface area contributed by atoms with Gasteiger partial charge < -0.3 is 15.0 Å². The van der Waals surface area contributed by atoms with Crippen molar-refractivity contribution < 1.29 is 14.3 Å². The Hall–Kier alpha value is -4.04. The maximum atomic E-state index is 14.0. The first-order valence-corrected chi connectivity index (χ1v) is 13.5. The normalized spacial score (nSPS) is 15.1. The van der Waals surface area contributed by atoms with E-state index in [0.29, 0.717) is 12.3 Å². The number of hydrogen-bond acceptors (Lipinski definition) is 5. The molecule has 0 bridgehead atoms. The van der Waals surface area contributed by atoms with Gasteiger partial charge in [-0.15, -0.1) is 0 Å². The number of para-hydroxylation sites is 2. The van der Waals surface area contributed by atoms with Gasteiger partial charge in [-0.05, 0) is 37.6 Å². The molecule has 1 aliphatic heterocycles. The molecule has 1 atom stereocenters. The van der Waals surface area contributed by atoms with Crippen LogP contribution in [0.5, 0.6) is 5.75 Å². The molecule has 194 valence electrons. The smallest absolute Gasteiger partial charge is 0.247 e. The lowest BCUT2D eigenvalue weighted by Gasteiger charge is -2.30. The molecule has 38 heavy (non-hydrogen) atoms. The van der Waals surface area contributed by atoms with Crippen LogP contribution in [0.15, 0.2) is 83.9 Å². The van der Waals surface area contributed by atoms with E-state index < -0.39 is 6.04 Å². The Morgan fingerprint density at radius 3 is 2.47 bits per heavy atom. The molecular formula is C30H30N4O3S. The Labute approximate surface area is 226 Å². The summed E-state index contributed by atoms with van der Waals surface area (Å²) in [7, 11) is 1.61. The molecule has 0 aliphatic carbocycles. The Morgan fingerprint density at radius 2 is 1.74 bits per heavy atom. The number of carbonyl (C=O) groups excluding carboxylic acids is 2. The standard InChI is InChI=1S/C30H30N4O3S/c1-20-13-15-22(16-14-20)18-33-26(35)19-38-30-27(21(2)32-34(30)24-10-5-4-6-11-24)28(33)29(36)31-17-23-9-7-8-12-25(23)37-3/h4-16,28H,17-19H2,1-3H3,(H,31,36). The second kappa shape index (κ2) is 11.1. The van der Waals surface area contributed by atoms with Gasteiger partial charge in [0.1, 0.15) is 16.8 Å². The highest BCUT2D eigenvalue weighted by Crippen LogP contribution is 2.39. The molecule has 1 aliphatic rings. The number of aromatic nitrogens is 2. The zero-order chi connectivity index (χ0) is 26.6. The summed E-state index contributed by atoms with van der Waals surface area (Å²) >= 11 is 1.43. The van der Waals surface area contributed by atoms with Gasteiger partial charge in [0.25, 0.3) is 0 Å². The van der Waals surface area contributed by atoms with Gasteiger partial charge in [-0.3, -0.25) is 9.59 Å². The van der Waals surface area contributed by atoms with Crippen molar-refractivity contribution >= 4 is 23.6 Å². The molecule has 1 aromatic heterocycles. The van der Waals surface area contributed by atoms with Crippen LogP contribution in [0.3, 0.4) is 0 Å². The molecule has 8 heteroatoms. The molecule has 0 fully saturated rings. The number of rotatable bonds is 7. The number of nitrogens with one attached hydrogen (secondary N) is 1. The summed E-state index contributed by atoms with van der Waals surface area (Å²) in [5.74, 6) is 0.567. The molecule has 5 rings (SSSR count). The van der Waals surface area contributed by atoms with E-state index >= 15 is 0 Å². The highest BCUT2D eigenvalue weighted by Gasteiger charge is 2.39. The van der Waals surface area contributed by atoms with E-state index in [1.54, 1.807) is 12.0 Å². The summed E-state index contributed by atoms with van der Waals surface area (Å²) in [5, 5.41) is 8.70. The predicted octanol–water partition coefficient (Wildman–Crippen LogP) is 4.99. The fourth-order valence-electron chi connectivity index (χ4n) is 4.70. The Morgan fingerprint density at radius 1 is 1.03 bits per heavy atom. The summed E-state index contributed by atoms with van der Waals surface area (Å²) < 4.78 is 7.31. The number of aryl methyl sites for hydroxylation is 2. The van der Waals surface area contributed by atoms with Gasteiger partial charge in [0.05, 0.1) is 24.2 Å². The molecule has 0 spiro atoms. The highest BCUT2D eigenvalue weighted by atomic mass is 32.2. The minimum Gasteiger partial charge on any atom is -0.496 e. The maximum absolute atomic E-state index is 14.0. The van der Waals surface area contributed by atoms with Gasteiger partial charge in [0.15, 0.2) is 0 Å². The maximum Gasteiger partial charge on any atom is 0.247 e. The van der Waals surface area contributed by atoms with Gasteiger partial charge in [0, 0.05) is 24.2 Å². The number of hydrogen-bond donors (Lipinski definition) is 1. The van der Waals surface area contributed by atoms with Crippen LogP contribution in [0.4, 0.5) is 0 Å². The van der Waals surface area contributed by atoms with Crippen molar-refractivity contribution in [3.05, 3.63) is 107 Å². The predicted molar refractivity (Wildman–Crippen MR) is 148 cm³/mol. The van der Waals surface area contributed by atoms with Crippen LogP contribution in [0.2, 0.25) is 0 Å². The number of ether oxygens (including phenoxy) is 1. The van der Waals surface area contributed by atoms with Crippen LogP contribution in [0.1, 0.15) is 34.0 Å². The van der Waals surface area contributed by atoms with E-state index in [1.165, 1.54) is 11.8 Å². The largest absolute Gasteiger partial charge is 0.496 e. The molecule has 1 unspecified atom stereocenters. The van der Waals surface area contributed by atoms with Gasteiger partial charge in [-0.25, -0.2) is 4.68 Å². The van der Waals surface area contributed by atoms with E-state index in [0.717, 1.165) is 38.7 Å². The van der Waals surface area contributed by atoms with Crippen molar-refractivity contribution in [3.63, 3.8) is 0 Å². The number of methoxy groups -OCH3 is 1. The average Bonchev–Trinajstić information content (AvgIpc) is 3.19. The van der Waals surface area contributed by atoms with Crippen molar-refractivity contribution in [3.8, 4) is 11.4 Å². The molecule has 7 nitrogen and oxygen atoms in total. The topological polar surface area (TPSA) is 76.5 Å². The van der Waals surface area contributed by atoms with Crippen LogP contribution in [-0.4, -0.2) is 39.4 Å². The summed E-state index contributed by atoms with van der Waals surface area (Å²) in [5.41, 5.74) is 5.33. The minimum absolute atomic E-state index is 0.0942. The fraction of sp³-hybridized carbons (Fsp3) is 0.233. The molecule has 2 amide bonds. The van der Waals surface area contributed by atoms with Crippen LogP contribution in [0.25, 0.3) is 5.69 Å². The van der Waals surface area contributed by atoms with E-state index in [2.05, 4.69) is 5.32 Å². The Balaban J connectivity index is 1.56. The molecule has 2 heterocycles. The van der Waals surface area contributed by atoms with Gasteiger partial charge in [-0.2, -0.15) is 5.10 Å². The van der Waals surface area contributed by atoms with Crippen molar-refractivity contribution in [1.82, 2.24) is 20.0 Å². The van der Waals surface area contributed by atoms with E-state index in [-0.39, 0.29) is 24.1 Å². The third-order valence-electron chi connectivity index (χ3n) is 6.67. The highest BCUT2D eigenvalue weighted by molar-refractivity contribution is 8.00. The first-order chi connectivity index (χ1) is 18.5. The number of carbonyl (C=O) groups is 2. The molecule has 0 radical (unpaired) electrons. The third-order valence-corrected chi connectivity index (χ3v) is 7.73. The zero-order valence-corrected chi connectivity index (χ0v) is 22.5. The number of fused-ring (bicyclic) bond motifs is 1. The summed E-state index contributed by atoms with van der Waals surface area (Å²) in [6.07, 6.45) is 0. The van der Waals surface area contributed by atoms with Crippen LogP contribution < -0.4 is 10.1 Å². The number of thioether (sulfide) groups is 1. The molecule has 0 saturated heterocycles. The minimum atomic E-state index is -0.832. The summed E-state index contributed by atoms with van der Waals surface area (Å²) in [6, 6.07) is 24.6.